The molecular weight excluding hydrogens is 220 g/mol. The molecule has 1 aromatic carbocycles. The first-order chi connectivity index (χ1) is 8.36. The van der Waals surface area contributed by atoms with Crippen LogP contribution in [0.2, 0.25) is 0 Å². The molecule has 0 bridgehead atoms. The van der Waals surface area contributed by atoms with Crippen LogP contribution in [0.1, 0.15) is 17.5 Å². The van der Waals surface area contributed by atoms with Gasteiger partial charge in [0.25, 0.3) is 0 Å². The molecule has 2 rings (SSSR count). The van der Waals surface area contributed by atoms with E-state index in [1.54, 1.807) is 7.11 Å². The van der Waals surface area contributed by atoms with Crippen LogP contribution in [0.4, 0.5) is 0 Å². The van der Waals surface area contributed by atoms with Crippen LogP contribution < -0.4 is 9.47 Å². The summed E-state index contributed by atoms with van der Waals surface area (Å²) in [5.74, 6) is 1.59. The summed E-state index contributed by atoms with van der Waals surface area (Å²) >= 11 is 0. The molecule has 0 unspecified atom stereocenters. The van der Waals surface area contributed by atoms with E-state index < -0.39 is 0 Å². The average Bonchev–Trinajstić information content (AvgIpc) is 2.38. The SMILES string of the molecule is COCc1c(CCCO)ccc2c1OCCO2. The summed E-state index contributed by atoms with van der Waals surface area (Å²) in [7, 11) is 1.67. The van der Waals surface area contributed by atoms with Crippen molar-refractivity contribution < 1.29 is 19.3 Å². The summed E-state index contributed by atoms with van der Waals surface area (Å²) in [5, 5.41) is 8.90. The largest absolute Gasteiger partial charge is 0.486 e. The molecule has 1 N–H and O–H groups in total. The van der Waals surface area contributed by atoms with Crippen molar-refractivity contribution in [1.29, 1.82) is 0 Å². The highest BCUT2D eigenvalue weighted by molar-refractivity contribution is 5.51. The van der Waals surface area contributed by atoms with E-state index in [1.807, 2.05) is 12.1 Å². The first-order valence-corrected chi connectivity index (χ1v) is 5.87. The smallest absolute Gasteiger partial charge is 0.167 e. The highest BCUT2D eigenvalue weighted by atomic mass is 16.6. The molecule has 17 heavy (non-hydrogen) atoms. The van der Waals surface area contributed by atoms with Gasteiger partial charge in [-0.1, -0.05) is 6.07 Å². The molecule has 1 aliphatic heterocycles. The number of aliphatic hydroxyl groups excluding tert-OH is 1. The third-order valence-corrected chi connectivity index (χ3v) is 2.80. The lowest BCUT2D eigenvalue weighted by molar-refractivity contribution is 0.152. The third-order valence-electron chi connectivity index (χ3n) is 2.80. The monoisotopic (exact) mass is 238 g/mol. The van der Waals surface area contributed by atoms with Gasteiger partial charge >= 0.3 is 0 Å². The van der Waals surface area contributed by atoms with Crippen LogP contribution in [-0.2, 0) is 17.8 Å². The number of methoxy groups -OCH3 is 1. The zero-order valence-electron chi connectivity index (χ0n) is 10.1. The van der Waals surface area contributed by atoms with Gasteiger partial charge in [0.1, 0.15) is 13.2 Å². The third kappa shape index (κ3) is 2.70. The zero-order chi connectivity index (χ0) is 12.1. The Labute approximate surface area is 101 Å². The van der Waals surface area contributed by atoms with Crippen LogP contribution in [0.5, 0.6) is 11.5 Å². The second-order valence-electron chi connectivity index (χ2n) is 3.99. The molecule has 94 valence electrons. The fourth-order valence-electron chi connectivity index (χ4n) is 2.02. The predicted octanol–water partition coefficient (Wildman–Crippen LogP) is 1.53. The lowest BCUT2D eigenvalue weighted by Gasteiger charge is -2.23. The highest BCUT2D eigenvalue weighted by Crippen LogP contribution is 2.36. The maximum absolute atomic E-state index is 8.90. The summed E-state index contributed by atoms with van der Waals surface area (Å²) < 4.78 is 16.4. The van der Waals surface area contributed by atoms with E-state index in [1.165, 1.54) is 0 Å². The molecule has 0 radical (unpaired) electrons. The molecule has 0 saturated carbocycles. The minimum atomic E-state index is 0.195. The van der Waals surface area contributed by atoms with Gasteiger partial charge in [-0.3, -0.25) is 0 Å². The molecule has 0 atom stereocenters. The van der Waals surface area contributed by atoms with Crippen molar-refractivity contribution in [3.63, 3.8) is 0 Å². The highest BCUT2D eigenvalue weighted by Gasteiger charge is 2.18. The van der Waals surface area contributed by atoms with Crippen LogP contribution in [0.15, 0.2) is 12.1 Å². The van der Waals surface area contributed by atoms with Gasteiger partial charge in [-0.05, 0) is 24.5 Å². The predicted molar refractivity (Wildman–Crippen MR) is 63.6 cm³/mol. The number of aryl methyl sites for hydroxylation is 1. The Hall–Kier alpha value is -1.26. The number of fused-ring (bicyclic) bond motifs is 1. The van der Waals surface area contributed by atoms with Crippen LogP contribution >= 0.6 is 0 Å². The number of hydrogen-bond donors (Lipinski definition) is 1. The summed E-state index contributed by atoms with van der Waals surface area (Å²) in [4.78, 5) is 0. The fourth-order valence-corrected chi connectivity index (χ4v) is 2.02. The average molecular weight is 238 g/mol. The Morgan fingerprint density at radius 2 is 2.12 bits per heavy atom. The van der Waals surface area contributed by atoms with Gasteiger partial charge in [-0.25, -0.2) is 0 Å². The number of rotatable bonds is 5. The molecule has 1 aliphatic rings. The normalized spacial score (nSPS) is 13.8. The van der Waals surface area contributed by atoms with Crippen molar-refractivity contribution in [3.05, 3.63) is 23.3 Å². The molecule has 0 aromatic heterocycles. The zero-order valence-corrected chi connectivity index (χ0v) is 10.1. The van der Waals surface area contributed by atoms with Gasteiger partial charge in [0.15, 0.2) is 11.5 Å². The summed E-state index contributed by atoms with van der Waals surface area (Å²) in [5.41, 5.74) is 2.20. The standard InChI is InChI=1S/C13H18O4/c1-15-9-11-10(3-2-6-14)4-5-12-13(11)17-8-7-16-12/h4-5,14H,2-3,6-9H2,1H3. The van der Waals surface area contributed by atoms with Gasteiger partial charge in [0, 0.05) is 19.3 Å². The number of ether oxygens (including phenoxy) is 3. The van der Waals surface area contributed by atoms with E-state index in [2.05, 4.69) is 0 Å². The molecule has 4 heteroatoms. The van der Waals surface area contributed by atoms with Gasteiger partial charge in [-0.15, -0.1) is 0 Å². The minimum absolute atomic E-state index is 0.195. The number of hydrogen-bond acceptors (Lipinski definition) is 4. The summed E-state index contributed by atoms with van der Waals surface area (Å²) in [6.07, 6.45) is 1.57. The van der Waals surface area contributed by atoms with E-state index in [4.69, 9.17) is 19.3 Å². The van der Waals surface area contributed by atoms with Gasteiger partial charge < -0.3 is 19.3 Å². The van der Waals surface area contributed by atoms with Gasteiger partial charge in [0.05, 0.1) is 6.61 Å². The van der Waals surface area contributed by atoms with E-state index in [9.17, 15) is 0 Å². The Bertz CT molecular complexity index is 376. The summed E-state index contributed by atoms with van der Waals surface area (Å²) in [6, 6.07) is 3.96. The first kappa shape index (κ1) is 12.2. The Kier molecular flexibility index (Phi) is 4.23. The van der Waals surface area contributed by atoms with Crippen molar-refractivity contribution in [2.24, 2.45) is 0 Å². The minimum Gasteiger partial charge on any atom is -0.486 e. The van der Waals surface area contributed by atoms with E-state index in [0.29, 0.717) is 19.8 Å². The van der Waals surface area contributed by atoms with Crippen LogP contribution in [0, 0.1) is 0 Å². The molecule has 1 heterocycles. The van der Waals surface area contributed by atoms with E-state index in [-0.39, 0.29) is 6.61 Å². The van der Waals surface area contributed by atoms with Crippen LogP contribution in [0.3, 0.4) is 0 Å². The number of aliphatic hydroxyl groups is 1. The second-order valence-corrected chi connectivity index (χ2v) is 3.99. The van der Waals surface area contributed by atoms with Gasteiger partial charge in [-0.2, -0.15) is 0 Å². The molecule has 0 aliphatic carbocycles. The lowest BCUT2D eigenvalue weighted by atomic mass is 10.0. The maximum atomic E-state index is 8.90. The Morgan fingerprint density at radius 3 is 2.88 bits per heavy atom. The maximum Gasteiger partial charge on any atom is 0.167 e. The van der Waals surface area contributed by atoms with Gasteiger partial charge in [0.2, 0.25) is 0 Å². The van der Waals surface area contributed by atoms with Crippen LogP contribution in [-0.4, -0.2) is 32.0 Å². The van der Waals surface area contributed by atoms with Crippen molar-refractivity contribution in [2.75, 3.05) is 26.9 Å². The van der Waals surface area contributed by atoms with Crippen molar-refractivity contribution in [2.45, 2.75) is 19.4 Å². The van der Waals surface area contributed by atoms with Crippen molar-refractivity contribution in [1.82, 2.24) is 0 Å². The molecule has 0 fully saturated rings. The van der Waals surface area contributed by atoms with E-state index >= 15 is 0 Å². The quantitative estimate of drug-likeness (QED) is 0.845. The molecular formula is C13H18O4. The molecule has 0 saturated heterocycles. The Morgan fingerprint density at radius 1 is 1.29 bits per heavy atom. The Balaban J connectivity index is 2.31. The van der Waals surface area contributed by atoms with Crippen molar-refractivity contribution in [3.8, 4) is 11.5 Å². The molecule has 1 aromatic rings. The second kappa shape index (κ2) is 5.89. The topological polar surface area (TPSA) is 47.9 Å². The molecule has 4 nitrogen and oxygen atoms in total. The van der Waals surface area contributed by atoms with Crippen LogP contribution in [0.25, 0.3) is 0 Å². The fraction of sp³-hybridized carbons (Fsp3) is 0.538. The number of benzene rings is 1. The molecule has 0 spiro atoms. The summed E-state index contributed by atoms with van der Waals surface area (Å²) in [6.45, 7) is 1.87. The first-order valence-electron chi connectivity index (χ1n) is 5.87. The van der Waals surface area contributed by atoms with E-state index in [0.717, 1.165) is 35.5 Å². The molecule has 0 amide bonds. The van der Waals surface area contributed by atoms with Crippen molar-refractivity contribution >= 4 is 0 Å². The lowest BCUT2D eigenvalue weighted by Crippen LogP contribution is -2.17.